The number of hydrogen-bond acceptors (Lipinski definition) is 3. The van der Waals surface area contributed by atoms with E-state index in [0.29, 0.717) is 53.7 Å². The van der Waals surface area contributed by atoms with Gasteiger partial charge in [0, 0.05) is 36.9 Å². The first-order valence-electron chi connectivity index (χ1n) is 11.2. The molecule has 0 amide bonds. The van der Waals surface area contributed by atoms with Gasteiger partial charge in [-0.2, -0.15) is 13.2 Å². The van der Waals surface area contributed by atoms with Gasteiger partial charge in [0.05, 0.1) is 6.61 Å². The van der Waals surface area contributed by atoms with Gasteiger partial charge >= 0.3 is 6.18 Å². The van der Waals surface area contributed by atoms with Gasteiger partial charge in [-0.15, -0.1) is 0 Å². The minimum atomic E-state index is -5.13. The largest absolute Gasteiger partial charge is 0.422 e. The molecule has 3 aromatic carbocycles. The summed E-state index contributed by atoms with van der Waals surface area (Å²) in [5.41, 5.74) is 0.265. The summed E-state index contributed by atoms with van der Waals surface area (Å²) in [5.74, 6) is -3.14. The Bertz CT molecular complexity index is 1350. The van der Waals surface area contributed by atoms with E-state index in [9.17, 15) is 22.0 Å². The van der Waals surface area contributed by atoms with E-state index in [1.807, 2.05) is 12.1 Å². The normalized spacial score (nSPS) is 11.9. The third-order valence-electron chi connectivity index (χ3n) is 5.87. The first-order valence-corrected chi connectivity index (χ1v) is 11.2. The number of nitrogens with zero attached hydrogens (tertiary/aromatic N) is 2. The second kappa shape index (κ2) is 10.7. The molecule has 4 rings (SSSR count). The molecule has 1 heterocycles. The maximum absolute atomic E-state index is 15.1. The summed E-state index contributed by atoms with van der Waals surface area (Å²) in [6.07, 6.45) is -0.363. The monoisotopic (exact) mass is 504 g/mol. The summed E-state index contributed by atoms with van der Waals surface area (Å²) in [5, 5.41) is 1.08. The van der Waals surface area contributed by atoms with Crippen molar-refractivity contribution in [1.29, 1.82) is 0 Å². The standard InChI is InChI=1S/C27H22F6N2O/c1-36-15-18-13-34-24(35-14-18)9-4-16-3-8-21-20(10-16)7-6-19(26(21)30)5-2-17-11-22(28)25(23(29)12-17)27(31,32)33/h3,6-8,10-14H,2,4-5,9,15H2,1H3. The molecule has 0 saturated carbocycles. The van der Waals surface area contributed by atoms with Crippen molar-refractivity contribution in [3.63, 3.8) is 0 Å². The third kappa shape index (κ3) is 5.84. The van der Waals surface area contributed by atoms with Crippen LogP contribution in [0, 0.1) is 17.5 Å². The Morgan fingerprint density at radius 3 is 2.06 bits per heavy atom. The van der Waals surface area contributed by atoms with Crippen LogP contribution in [0.15, 0.2) is 54.9 Å². The van der Waals surface area contributed by atoms with Crippen LogP contribution in [0.5, 0.6) is 0 Å². The lowest BCUT2D eigenvalue weighted by molar-refractivity contribution is -0.142. The van der Waals surface area contributed by atoms with Crippen LogP contribution in [-0.4, -0.2) is 17.1 Å². The van der Waals surface area contributed by atoms with Crippen molar-refractivity contribution in [1.82, 2.24) is 9.97 Å². The second-order valence-corrected chi connectivity index (χ2v) is 8.47. The van der Waals surface area contributed by atoms with Crippen LogP contribution in [0.1, 0.15) is 33.6 Å². The zero-order valence-electron chi connectivity index (χ0n) is 19.3. The van der Waals surface area contributed by atoms with Gasteiger partial charge in [0.2, 0.25) is 0 Å². The Balaban J connectivity index is 1.45. The fourth-order valence-electron chi connectivity index (χ4n) is 4.06. The molecular weight excluding hydrogens is 482 g/mol. The van der Waals surface area contributed by atoms with E-state index in [1.165, 1.54) is 0 Å². The van der Waals surface area contributed by atoms with Crippen LogP contribution < -0.4 is 0 Å². The van der Waals surface area contributed by atoms with E-state index >= 15 is 4.39 Å². The molecule has 1 aromatic heterocycles. The number of aromatic nitrogens is 2. The molecule has 4 aromatic rings. The predicted octanol–water partition coefficient (Wildman–Crippen LogP) is 6.78. The van der Waals surface area contributed by atoms with Gasteiger partial charge in [0.1, 0.15) is 28.8 Å². The predicted molar refractivity (Wildman–Crippen MR) is 123 cm³/mol. The fourth-order valence-corrected chi connectivity index (χ4v) is 4.06. The van der Waals surface area contributed by atoms with Crippen molar-refractivity contribution in [2.75, 3.05) is 7.11 Å². The second-order valence-electron chi connectivity index (χ2n) is 8.47. The number of halogens is 6. The summed E-state index contributed by atoms with van der Waals surface area (Å²) in [6.45, 7) is 0.441. The Hall–Kier alpha value is -3.46. The van der Waals surface area contributed by atoms with E-state index in [4.69, 9.17) is 4.74 Å². The van der Waals surface area contributed by atoms with Crippen molar-refractivity contribution in [2.45, 2.75) is 38.5 Å². The van der Waals surface area contributed by atoms with Gasteiger partial charge in [-0.05, 0) is 53.5 Å². The molecular formula is C27H22F6N2O. The molecule has 9 heteroatoms. The molecule has 0 bridgehead atoms. The molecule has 0 aliphatic rings. The smallest absolute Gasteiger partial charge is 0.380 e. The molecule has 0 unspecified atom stereocenters. The molecule has 3 nitrogen and oxygen atoms in total. The quantitative estimate of drug-likeness (QED) is 0.248. The minimum Gasteiger partial charge on any atom is -0.380 e. The first-order chi connectivity index (χ1) is 17.2. The van der Waals surface area contributed by atoms with Gasteiger partial charge < -0.3 is 4.74 Å². The third-order valence-corrected chi connectivity index (χ3v) is 5.87. The van der Waals surface area contributed by atoms with Crippen LogP contribution in [0.2, 0.25) is 0 Å². The van der Waals surface area contributed by atoms with Gasteiger partial charge in [0.15, 0.2) is 0 Å². The maximum Gasteiger partial charge on any atom is 0.422 e. The lowest BCUT2D eigenvalue weighted by Crippen LogP contribution is -2.12. The van der Waals surface area contributed by atoms with Crippen molar-refractivity contribution >= 4 is 10.8 Å². The molecule has 188 valence electrons. The number of alkyl halides is 3. The lowest BCUT2D eigenvalue weighted by Gasteiger charge is -2.12. The molecule has 36 heavy (non-hydrogen) atoms. The fraction of sp³-hybridized carbons (Fsp3) is 0.259. The highest BCUT2D eigenvalue weighted by Gasteiger charge is 2.37. The summed E-state index contributed by atoms with van der Waals surface area (Å²) in [6, 6.07) is 9.98. The van der Waals surface area contributed by atoms with Crippen molar-refractivity contribution in [3.05, 3.63) is 106 Å². The van der Waals surface area contributed by atoms with Crippen molar-refractivity contribution in [2.24, 2.45) is 0 Å². The van der Waals surface area contributed by atoms with E-state index in [2.05, 4.69) is 9.97 Å². The molecule has 0 aliphatic carbocycles. The molecule has 0 atom stereocenters. The van der Waals surface area contributed by atoms with E-state index in [-0.39, 0.29) is 18.4 Å². The molecule has 0 fully saturated rings. The Morgan fingerprint density at radius 2 is 1.42 bits per heavy atom. The average molecular weight is 504 g/mol. The lowest BCUT2D eigenvalue weighted by atomic mass is 9.97. The van der Waals surface area contributed by atoms with Gasteiger partial charge in [-0.25, -0.2) is 23.1 Å². The van der Waals surface area contributed by atoms with Crippen molar-refractivity contribution in [3.8, 4) is 0 Å². The van der Waals surface area contributed by atoms with E-state index < -0.39 is 29.2 Å². The van der Waals surface area contributed by atoms with Crippen LogP contribution in [-0.2, 0) is 43.2 Å². The summed E-state index contributed by atoms with van der Waals surface area (Å²) < 4.78 is 86.1. The Kier molecular flexibility index (Phi) is 7.59. The van der Waals surface area contributed by atoms with E-state index in [0.717, 1.165) is 11.1 Å². The molecule has 0 radical (unpaired) electrons. The first kappa shape index (κ1) is 25.6. The van der Waals surface area contributed by atoms with Crippen molar-refractivity contribution < 1.29 is 31.1 Å². The number of ether oxygens (including phenoxy) is 1. The molecule has 0 saturated heterocycles. The summed E-state index contributed by atoms with van der Waals surface area (Å²) in [4.78, 5) is 8.64. The van der Waals surface area contributed by atoms with Crippen LogP contribution in [0.4, 0.5) is 26.3 Å². The van der Waals surface area contributed by atoms with Gasteiger partial charge in [-0.3, -0.25) is 0 Å². The molecule has 0 aliphatic heterocycles. The average Bonchev–Trinajstić information content (AvgIpc) is 2.82. The number of benzene rings is 3. The van der Waals surface area contributed by atoms with Gasteiger partial charge in [0.25, 0.3) is 0 Å². The zero-order chi connectivity index (χ0) is 25.9. The molecule has 0 spiro atoms. The van der Waals surface area contributed by atoms with Crippen LogP contribution >= 0.6 is 0 Å². The van der Waals surface area contributed by atoms with E-state index in [1.54, 1.807) is 37.7 Å². The Labute approximate surface area is 203 Å². The Morgan fingerprint density at radius 1 is 0.750 bits per heavy atom. The van der Waals surface area contributed by atoms with Gasteiger partial charge in [-0.1, -0.05) is 30.3 Å². The molecule has 0 N–H and O–H groups in total. The number of methoxy groups -OCH3 is 1. The minimum absolute atomic E-state index is 0.0182. The number of rotatable bonds is 8. The SMILES string of the molecule is COCc1cnc(CCc2ccc3c(F)c(CCc4cc(F)c(C(F)(F)F)c(F)c4)ccc3c2)nc1. The number of fused-ring (bicyclic) bond motifs is 1. The highest BCUT2D eigenvalue weighted by molar-refractivity contribution is 5.84. The summed E-state index contributed by atoms with van der Waals surface area (Å²) >= 11 is 0. The zero-order valence-corrected chi connectivity index (χ0v) is 19.3. The number of aryl methyl sites for hydroxylation is 4. The topological polar surface area (TPSA) is 35.0 Å². The van der Waals surface area contributed by atoms with Crippen LogP contribution in [0.25, 0.3) is 10.8 Å². The highest BCUT2D eigenvalue weighted by atomic mass is 19.4. The maximum atomic E-state index is 15.1. The van der Waals surface area contributed by atoms with Crippen LogP contribution in [0.3, 0.4) is 0 Å². The number of hydrogen-bond donors (Lipinski definition) is 0. The highest BCUT2D eigenvalue weighted by Crippen LogP contribution is 2.34. The summed E-state index contributed by atoms with van der Waals surface area (Å²) in [7, 11) is 1.60.